The van der Waals surface area contributed by atoms with Gasteiger partial charge in [-0.15, -0.1) is 0 Å². The second-order valence-electron chi connectivity index (χ2n) is 9.85. The zero-order valence-electron chi connectivity index (χ0n) is 26.1. The van der Waals surface area contributed by atoms with Crippen molar-refractivity contribution in [2.75, 3.05) is 19.8 Å². The lowest BCUT2D eigenvalue weighted by atomic mass is 9.67. The Hall–Kier alpha value is -3.92. The molecule has 5 aromatic rings. The van der Waals surface area contributed by atoms with Gasteiger partial charge in [0.2, 0.25) is 24.8 Å². The predicted octanol–water partition coefficient (Wildman–Crippen LogP) is 4.68. The third kappa shape index (κ3) is 11.8. The fourth-order valence-electron chi connectivity index (χ4n) is 4.88. The van der Waals surface area contributed by atoms with Crippen LogP contribution >= 0.6 is 23.2 Å². The molecular formula is C36H39BCl2N2O5. The highest BCUT2D eigenvalue weighted by molar-refractivity contribution is 6.30. The van der Waals surface area contributed by atoms with E-state index >= 15 is 0 Å². The highest BCUT2D eigenvalue weighted by atomic mass is 35.5. The van der Waals surface area contributed by atoms with Crippen molar-refractivity contribution in [1.82, 2.24) is 0 Å². The van der Waals surface area contributed by atoms with Gasteiger partial charge in [-0.25, -0.2) is 0 Å². The number of pyridine rings is 2. The Kier molecular flexibility index (Phi) is 16.1. The average molecular weight is 661 g/mol. The summed E-state index contributed by atoms with van der Waals surface area (Å²) < 4.78 is 7.97. The van der Waals surface area contributed by atoms with E-state index in [2.05, 4.69) is 36.4 Å². The second kappa shape index (κ2) is 20.3. The van der Waals surface area contributed by atoms with E-state index in [1.54, 1.807) is 58.5 Å². The van der Waals surface area contributed by atoms with Gasteiger partial charge in [0.05, 0.1) is 17.4 Å². The van der Waals surface area contributed by atoms with E-state index in [1.807, 2.05) is 68.4 Å². The molecule has 0 saturated heterocycles. The zero-order valence-corrected chi connectivity index (χ0v) is 27.6. The van der Waals surface area contributed by atoms with Gasteiger partial charge in [-0.2, -0.15) is 0 Å². The molecule has 0 atom stereocenters. The number of rotatable bonds is 12. The van der Waals surface area contributed by atoms with Crippen LogP contribution < -0.4 is 29.2 Å². The van der Waals surface area contributed by atoms with Crippen LogP contribution in [0.3, 0.4) is 0 Å². The van der Waals surface area contributed by atoms with Crippen LogP contribution in [0.15, 0.2) is 140 Å². The molecule has 0 amide bonds. The van der Waals surface area contributed by atoms with E-state index in [0.29, 0.717) is 19.6 Å². The fourth-order valence-corrected chi connectivity index (χ4v) is 5.10. The molecule has 0 radical (unpaired) electrons. The molecule has 0 N–H and O–H groups in total. The van der Waals surface area contributed by atoms with Gasteiger partial charge in [0, 0.05) is 45.7 Å². The van der Waals surface area contributed by atoms with E-state index < -0.39 is 7.32 Å². The maximum atomic E-state index is 10.7. The van der Waals surface area contributed by atoms with Gasteiger partial charge in [0.1, 0.15) is 0 Å². The lowest BCUT2D eigenvalue weighted by Gasteiger charge is -2.37. The first-order valence-corrected chi connectivity index (χ1v) is 15.8. The first-order valence-electron chi connectivity index (χ1n) is 15.1. The highest BCUT2D eigenvalue weighted by Gasteiger charge is 2.35. The SMILES string of the molecule is CCO[n+]1ccc(Cl)cc1.CCO[n+]1ccc(Cl)cc1.[O-]B([O-])OCCCC(c1ccccc1)(c1ccccc1)c1ccccc1. The Labute approximate surface area is 282 Å². The van der Waals surface area contributed by atoms with E-state index in [-0.39, 0.29) is 12.0 Å². The molecule has 46 heavy (non-hydrogen) atoms. The average Bonchev–Trinajstić information content (AvgIpc) is 3.09. The molecule has 0 saturated carbocycles. The van der Waals surface area contributed by atoms with E-state index in [9.17, 15) is 10.0 Å². The van der Waals surface area contributed by atoms with Crippen molar-refractivity contribution in [3.8, 4) is 0 Å². The third-order valence-electron chi connectivity index (χ3n) is 6.83. The Balaban J connectivity index is 0.000000235. The summed E-state index contributed by atoms with van der Waals surface area (Å²) in [5.74, 6) is 0. The lowest BCUT2D eigenvalue weighted by Crippen LogP contribution is -2.48. The summed E-state index contributed by atoms with van der Waals surface area (Å²) in [4.78, 5) is 10.2. The first kappa shape index (κ1) is 36.6. The maximum absolute atomic E-state index is 10.7. The molecule has 10 heteroatoms. The standard InChI is InChI=1S/C22H21BO3.2C7H9ClNO/c24-23(25)26-18-10-17-22(19-11-4-1-5-12-19,20-13-6-2-7-14-20)21-15-8-3-9-16-21;2*1-2-10-9-5-3-7(8)4-6-9/h1-9,11-16H,10,17-18H2;2*3-6H,2H2,1H3/q-2;2*+1. The fraction of sp³-hybridized carbons (Fsp3) is 0.222. The number of nitrogens with zero attached hydrogens (tertiary/aromatic N) is 2. The van der Waals surface area contributed by atoms with Crippen LogP contribution in [0, 0.1) is 0 Å². The summed E-state index contributed by atoms with van der Waals surface area (Å²) in [6.45, 7) is 5.34. The maximum Gasteiger partial charge on any atom is 0.223 e. The van der Waals surface area contributed by atoms with Crippen molar-refractivity contribution < 1.29 is 33.8 Å². The Morgan fingerprint density at radius 1 is 0.587 bits per heavy atom. The zero-order chi connectivity index (χ0) is 33.0. The molecule has 5 rings (SSSR count). The van der Waals surface area contributed by atoms with Crippen LogP contribution in [0.25, 0.3) is 0 Å². The minimum atomic E-state index is -2.23. The minimum Gasteiger partial charge on any atom is -0.871 e. The molecule has 0 aliphatic heterocycles. The van der Waals surface area contributed by atoms with Crippen molar-refractivity contribution >= 4 is 30.5 Å². The molecule has 3 aromatic carbocycles. The van der Waals surface area contributed by atoms with Crippen LogP contribution in [-0.4, -0.2) is 27.1 Å². The molecule has 0 bridgehead atoms. The van der Waals surface area contributed by atoms with Gasteiger partial charge in [-0.1, -0.05) is 114 Å². The number of benzene rings is 3. The lowest BCUT2D eigenvalue weighted by molar-refractivity contribution is -0.891. The van der Waals surface area contributed by atoms with Crippen LogP contribution in [0.1, 0.15) is 43.4 Å². The van der Waals surface area contributed by atoms with Crippen LogP contribution in [0.4, 0.5) is 0 Å². The number of halogens is 2. The molecule has 240 valence electrons. The number of hydrogen-bond acceptors (Lipinski definition) is 5. The van der Waals surface area contributed by atoms with Gasteiger partial charge in [-0.05, 0) is 43.4 Å². The molecule has 0 spiro atoms. The topological polar surface area (TPSA) is 81.6 Å². The molecule has 0 aliphatic rings. The number of aromatic nitrogens is 2. The van der Waals surface area contributed by atoms with E-state index in [4.69, 9.17) is 37.5 Å². The van der Waals surface area contributed by atoms with Gasteiger partial charge < -0.3 is 14.7 Å². The van der Waals surface area contributed by atoms with E-state index in [0.717, 1.165) is 16.5 Å². The monoisotopic (exact) mass is 660 g/mol. The van der Waals surface area contributed by atoms with Crippen molar-refractivity contribution in [1.29, 1.82) is 0 Å². The molecule has 0 aliphatic carbocycles. The molecule has 2 aromatic heterocycles. The predicted molar refractivity (Wildman–Crippen MR) is 178 cm³/mol. The minimum absolute atomic E-state index is 0.159. The van der Waals surface area contributed by atoms with Gasteiger partial charge in [0.15, 0.2) is 13.2 Å². The van der Waals surface area contributed by atoms with E-state index in [1.165, 1.54) is 16.7 Å². The molecule has 0 unspecified atom stereocenters. The third-order valence-corrected chi connectivity index (χ3v) is 7.33. The van der Waals surface area contributed by atoms with Crippen LogP contribution in [-0.2, 0) is 10.1 Å². The van der Waals surface area contributed by atoms with Crippen molar-refractivity contribution in [3.05, 3.63) is 167 Å². The quantitative estimate of drug-likeness (QED) is 0.0841. The molecule has 2 heterocycles. The smallest absolute Gasteiger partial charge is 0.223 e. The van der Waals surface area contributed by atoms with Crippen LogP contribution in [0.2, 0.25) is 10.0 Å². The first-order chi connectivity index (χ1) is 22.4. The van der Waals surface area contributed by atoms with Crippen molar-refractivity contribution in [3.63, 3.8) is 0 Å². The largest absolute Gasteiger partial charge is 0.871 e. The Bertz CT molecular complexity index is 1360. The summed E-state index contributed by atoms with van der Waals surface area (Å²) in [6.07, 6.45) is 8.42. The van der Waals surface area contributed by atoms with Crippen LogP contribution in [0.5, 0.6) is 0 Å². The summed E-state index contributed by atoms with van der Waals surface area (Å²) in [7, 11) is -2.23. The van der Waals surface area contributed by atoms with Gasteiger partial charge >= 0.3 is 0 Å². The van der Waals surface area contributed by atoms with Gasteiger partial charge in [-0.3, -0.25) is 9.68 Å². The summed E-state index contributed by atoms with van der Waals surface area (Å²) >= 11 is 11.3. The van der Waals surface area contributed by atoms with Crippen molar-refractivity contribution in [2.24, 2.45) is 0 Å². The second-order valence-corrected chi connectivity index (χ2v) is 10.7. The molecule has 7 nitrogen and oxygen atoms in total. The summed E-state index contributed by atoms with van der Waals surface area (Å²) in [5.41, 5.74) is 3.17. The molecular weight excluding hydrogens is 622 g/mol. The molecule has 0 fully saturated rings. The number of hydrogen-bond donors (Lipinski definition) is 0. The highest BCUT2D eigenvalue weighted by Crippen LogP contribution is 2.42. The summed E-state index contributed by atoms with van der Waals surface area (Å²) in [6, 6.07) is 38.1. The Morgan fingerprint density at radius 3 is 1.24 bits per heavy atom. The van der Waals surface area contributed by atoms with Crippen molar-refractivity contribution in [2.45, 2.75) is 32.1 Å². The summed E-state index contributed by atoms with van der Waals surface area (Å²) in [5, 5.41) is 22.8. The van der Waals surface area contributed by atoms with Gasteiger partial charge in [0.25, 0.3) is 0 Å². The Morgan fingerprint density at radius 2 is 0.935 bits per heavy atom. The normalized spacial score (nSPS) is 10.5.